The Morgan fingerprint density at radius 2 is 1.90 bits per heavy atom. The molecule has 4 aromatic rings. The minimum Gasteiger partial charge on any atom is -0.494 e. The summed E-state index contributed by atoms with van der Waals surface area (Å²) >= 11 is 0. The van der Waals surface area contributed by atoms with Gasteiger partial charge in [0, 0.05) is 48.7 Å². The minimum atomic E-state index is -0.390. The van der Waals surface area contributed by atoms with E-state index in [1.807, 2.05) is 24.5 Å². The second kappa shape index (κ2) is 7.63. The number of fused-ring (bicyclic) bond motifs is 1. The molecule has 1 aliphatic heterocycles. The first-order chi connectivity index (χ1) is 14.7. The molecule has 0 amide bonds. The van der Waals surface area contributed by atoms with Crippen molar-refractivity contribution >= 4 is 28.5 Å². The van der Waals surface area contributed by atoms with Gasteiger partial charge in [-0.2, -0.15) is 0 Å². The first-order valence-corrected chi connectivity index (χ1v) is 9.97. The highest BCUT2D eigenvalue weighted by atomic mass is 19.1. The molecule has 6 heteroatoms. The van der Waals surface area contributed by atoms with E-state index in [9.17, 15) is 9.50 Å². The van der Waals surface area contributed by atoms with Gasteiger partial charge in [0.15, 0.2) is 5.88 Å². The molecule has 5 nitrogen and oxygen atoms in total. The molecule has 0 saturated carbocycles. The van der Waals surface area contributed by atoms with E-state index >= 15 is 0 Å². The maximum absolute atomic E-state index is 14.2. The fourth-order valence-electron chi connectivity index (χ4n) is 4.13. The molecule has 5 rings (SSSR count). The fourth-order valence-corrected chi connectivity index (χ4v) is 4.13. The van der Waals surface area contributed by atoms with Gasteiger partial charge in [0.25, 0.3) is 0 Å². The molecule has 2 aromatic carbocycles. The molecule has 1 unspecified atom stereocenters. The molecule has 1 fully saturated rings. The van der Waals surface area contributed by atoms with Gasteiger partial charge in [-0.1, -0.05) is 6.07 Å². The number of anilines is 1. The van der Waals surface area contributed by atoms with Crippen LogP contribution >= 0.6 is 0 Å². The van der Waals surface area contributed by atoms with Crippen LogP contribution in [0.2, 0.25) is 0 Å². The van der Waals surface area contributed by atoms with Crippen LogP contribution in [0.15, 0.2) is 72.0 Å². The molecular formula is C24H21FN4O. The number of aromatic hydroxyl groups is 1. The summed E-state index contributed by atoms with van der Waals surface area (Å²) in [6.45, 7) is 1.99. The number of H-pyrrole nitrogens is 1. The van der Waals surface area contributed by atoms with Crippen molar-refractivity contribution < 1.29 is 9.50 Å². The first-order valence-electron chi connectivity index (χ1n) is 9.97. The predicted molar refractivity (Wildman–Crippen MR) is 117 cm³/mol. The van der Waals surface area contributed by atoms with E-state index in [1.165, 1.54) is 17.8 Å². The minimum absolute atomic E-state index is 0.0882. The third kappa shape index (κ3) is 3.41. The van der Waals surface area contributed by atoms with Crippen LogP contribution in [0, 0.1) is 5.82 Å². The van der Waals surface area contributed by atoms with Crippen molar-refractivity contribution in [2.24, 2.45) is 4.99 Å². The topological polar surface area (TPSA) is 64.5 Å². The van der Waals surface area contributed by atoms with Crippen LogP contribution in [0.25, 0.3) is 10.9 Å². The van der Waals surface area contributed by atoms with Gasteiger partial charge >= 0.3 is 0 Å². The predicted octanol–water partition coefficient (Wildman–Crippen LogP) is 5.15. The number of benzene rings is 2. The zero-order chi connectivity index (χ0) is 20.5. The Balaban J connectivity index is 1.32. The van der Waals surface area contributed by atoms with Gasteiger partial charge < -0.3 is 15.0 Å². The number of aliphatic imine (C=N–C) groups is 1. The Morgan fingerprint density at radius 3 is 2.70 bits per heavy atom. The van der Waals surface area contributed by atoms with Crippen molar-refractivity contribution in [3.05, 3.63) is 83.9 Å². The summed E-state index contributed by atoms with van der Waals surface area (Å²) in [6.07, 6.45) is 6.32. The van der Waals surface area contributed by atoms with E-state index in [-0.39, 0.29) is 5.88 Å². The lowest BCUT2D eigenvalue weighted by Gasteiger charge is -2.19. The number of rotatable bonds is 4. The largest absolute Gasteiger partial charge is 0.494 e. The highest BCUT2D eigenvalue weighted by molar-refractivity contribution is 6.02. The van der Waals surface area contributed by atoms with Crippen molar-refractivity contribution in [1.82, 2.24) is 9.97 Å². The van der Waals surface area contributed by atoms with E-state index < -0.39 is 5.82 Å². The van der Waals surface area contributed by atoms with Crippen LogP contribution in [0.5, 0.6) is 5.88 Å². The lowest BCUT2D eigenvalue weighted by molar-refractivity contribution is 0.457. The Kier molecular flexibility index (Phi) is 4.67. The molecule has 2 N–H and O–H groups in total. The number of hydrogen-bond donors (Lipinski definition) is 2. The number of nitrogens with zero attached hydrogens (tertiary/aromatic N) is 3. The van der Waals surface area contributed by atoms with Crippen LogP contribution in [-0.2, 0) is 0 Å². The monoisotopic (exact) mass is 400 g/mol. The maximum Gasteiger partial charge on any atom is 0.198 e. The second-order valence-electron chi connectivity index (χ2n) is 7.54. The van der Waals surface area contributed by atoms with Gasteiger partial charge in [-0.25, -0.2) is 4.39 Å². The summed E-state index contributed by atoms with van der Waals surface area (Å²) in [7, 11) is 0. The highest BCUT2D eigenvalue weighted by Gasteiger charge is 2.23. The number of pyridine rings is 1. The van der Waals surface area contributed by atoms with Gasteiger partial charge in [-0.15, -0.1) is 0 Å². The number of hydrogen-bond acceptors (Lipinski definition) is 4. The average molecular weight is 400 g/mol. The molecule has 0 spiro atoms. The van der Waals surface area contributed by atoms with E-state index in [2.05, 4.69) is 44.1 Å². The Hall–Kier alpha value is -3.67. The quantitative estimate of drug-likeness (QED) is 0.466. The van der Waals surface area contributed by atoms with Crippen LogP contribution in [0.3, 0.4) is 0 Å². The molecule has 1 saturated heterocycles. The Morgan fingerprint density at radius 1 is 1.10 bits per heavy atom. The summed E-state index contributed by atoms with van der Waals surface area (Å²) in [6, 6.07) is 16.9. The Labute approximate surface area is 173 Å². The molecule has 30 heavy (non-hydrogen) atoms. The van der Waals surface area contributed by atoms with E-state index in [4.69, 9.17) is 0 Å². The molecule has 0 bridgehead atoms. The summed E-state index contributed by atoms with van der Waals surface area (Å²) in [5.41, 5.74) is 4.13. The summed E-state index contributed by atoms with van der Waals surface area (Å²) in [4.78, 5) is 13.7. The van der Waals surface area contributed by atoms with Crippen molar-refractivity contribution in [2.45, 2.75) is 12.3 Å². The summed E-state index contributed by atoms with van der Waals surface area (Å²) in [5, 5.41) is 10.5. The molecule has 3 heterocycles. The second-order valence-corrected chi connectivity index (χ2v) is 7.54. The van der Waals surface area contributed by atoms with Crippen molar-refractivity contribution in [3.63, 3.8) is 0 Å². The zero-order valence-electron chi connectivity index (χ0n) is 16.3. The SMILES string of the molecule is Oc1[nH]c2cccc(F)c2c1C=Nc1ccc(N2CCC(c3ccncc3)C2)cc1. The maximum atomic E-state index is 14.2. The summed E-state index contributed by atoms with van der Waals surface area (Å²) < 4.78 is 14.2. The lowest BCUT2D eigenvalue weighted by Crippen LogP contribution is -2.18. The van der Waals surface area contributed by atoms with Crippen LogP contribution in [0.4, 0.5) is 15.8 Å². The van der Waals surface area contributed by atoms with Gasteiger partial charge in [0.1, 0.15) is 5.82 Å². The van der Waals surface area contributed by atoms with Gasteiger partial charge in [-0.3, -0.25) is 9.98 Å². The molecule has 150 valence electrons. The smallest absolute Gasteiger partial charge is 0.198 e. The Bertz CT molecular complexity index is 1200. The molecule has 1 atom stereocenters. The fraction of sp³-hybridized carbons (Fsp3) is 0.167. The van der Waals surface area contributed by atoms with E-state index in [0.717, 1.165) is 30.9 Å². The van der Waals surface area contributed by atoms with Gasteiger partial charge in [0.2, 0.25) is 0 Å². The zero-order valence-corrected chi connectivity index (χ0v) is 16.3. The number of nitrogens with one attached hydrogen (secondary N) is 1. The molecule has 0 radical (unpaired) electrons. The van der Waals surface area contributed by atoms with Crippen molar-refractivity contribution in [3.8, 4) is 5.88 Å². The molecular weight excluding hydrogens is 379 g/mol. The van der Waals surface area contributed by atoms with Crippen LogP contribution < -0.4 is 4.90 Å². The lowest BCUT2D eigenvalue weighted by atomic mass is 10.00. The average Bonchev–Trinajstić information content (AvgIpc) is 3.39. The normalized spacial score (nSPS) is 16.7. The first kappa shape index (κ1) is 18.4. The third-order valence-corrected chi connectivity index (χ3v) is 5.71. The molecule has 0 aliphatic carbocycles. The third-order valence-electron chi connectivity index (χ3n) is 5.71. The molecule has 1 aliphatic rings. The van der Waals surface area contributed by atoms with E-state index in [0.29, 0.717) is 22.4 Å². The number of aromatic amines is 1. The van der Waals surface area contributed by atoms with Gasteiger partial charge in [-0.05, 0) is 60.5 Å². The standard InChI is InChI=1S/C24H21FN4O/c25-21-2-1-3-22-23(21)20(24(30)28-22)14-27-18-4-6-19(7-5-18)29-13-10-17(15-29)16-8-11-26-12-9-16/h1-9,11-12,14,17,28,30H,10,13,15H2. The number of halogens is 1. The van der Waals surface area contributed by atoms with Gasteiger partial charge in [0.05, 0.1) is 16.8 Å². The van der Waals surface area contributed by atoms with Crippen molar-refractivity contribution in [1.29, 1.82) is 0 Å². The van der Waals surface area contributed by atoms with Crippen molar-refractivity contribution in [2.75, 3.05) is 18.0 Å². The molecule has 2 aromatic heterocycles. The van der Waals surface area contributed by atoms with Crippen LogP contribution in [0.1, 0.15) is 23.5 Å². The van der Waals surface area contributed by atoms with Crippen LogP contribution in [-0.4, -0.2) is 34.4 Å². The van der Waals surface area contributed by atoms with E-state index in [1.54, 1.807) is 12.1 Å². The number of aromatic nitrogens is 2. The summed E-state index contributed by atoms with van der Waals surface area (Å²) in [5.74, 6) is 0.0405. The highest BCUT2D eigenvalue weighted by Crippen LogP contribution is 2.32.